The third kappa shape index (κ3) is 3.21. The Morgan fingerprint density at radius 2 is 2.43 bits per heavy atom. The molecule has 0 aromatic carbocycles. The molecule has 0 spiro atoms. The van der Waals surface area contributed by atoms with Gasteiger partial charge in [0.25, 0.3) is 0 Å². The average Bonchev–Trinajstić information content (AvgIpc) is 2.25. The highest BCUT2D eigenvalue weighted by Gasteiger charge is 2.02. The van der Waals surface area contributed by atoms with Crippen LogP contribution in [0.5, 0.6) is 0 Å². The minimum absolute atomic E-state index is 1.08. The van der Waals surface area contributed by atoms with E-state index in [1.54, 1.807) is 0 Å². The first-order valence-corrected chi connectivity index (χ1v) is 5.23. The van der Waals surface area contributed by atoms with Crippen LogP contribution in [0, 0.1) is 0 Å². The highest BCUT2D eigenvalue weighted by molar-refractivity contribution is 5.44. The van der Waals surface area contributed by atoms with Crippen molar-refractivity contribution in [3.05, 3.63) is 60.3 Å². The molecule has 14 heavy (non-hydrogen) atoms. The van der Waals surface area contributed by atoms with Gasteiger partial charge in [-0.2, -0.15) is 0 Å². The molecule has 74 valence electrons. The lowest BCUT2D eigenvalue weighted by atomic mass is 9.96. The molecule has 0 fully saturated rings. The van der Waals surface area contributed by atoms with Gasteiger partial charge in [0.2, 0.25) is 0 Å². The molecule has 0 N–H and O–H groups in total. The fourth-order valence-electron chi connectivity index (χ4n) is 1.48. The second-order valence-electron chi connectivity index (χ2n) is 3.33. The Labute approximate surface area is 87.0 Å². The fourth-order valence-corrected chi connectivity index (χ4v) is 1.48. The summed E-state index contributed by atoms with van der Waals surface area (Å²) in [6.07, 6.45) is 18.2. The first kappa shape index (κ1) is 10.8. The number of hydrogen-bond donors (Lipinski definition) is 0. The molecule has 0 heterocycles. The van der Waals surface area contributed by atoms with Gasteiger partial charge < -0.3 is 0 Å². The summed E-state index contributed by atoms with van der Waals surface area (Å²) in [4.78, 5) is 0. The van der Waals surface area contributed by atoms with E-state index < -0.39 is 0 Å². The van der Waals surface area contributed by atoms with Gasteiger partial charge in [0.05, 0.1) is 0 Å². The highest BCUT2D eigenvalue weighted by atomic mass is 14.1. The molecule has 0 saturated heterocycles. The monoisotopic (exact) mass is 186 g/mol. The maximum absolute atomic E-state index is 3.75. The molecule has 0 aromatic rings. The summed E-state index contributed by atoms with van der Waals surface area (Å²) in [5, 5.41) is 0. The molecule has 0 atom stereocenters. The molecule has 1 rings (SSSR count). The maximum Gasteiger partial charge on any atom is -0.0228 e. The van der Waals surface area contributed by atoms with Crippen LogP contribution >= 0.6 is 0 Å². The van der Waals surface area contributed by atoms with Gasteiger partial charge in [-0.15, -0.1) is 0 Å². The maximum atomic E-state index is 3.75. The SMILES string of the molecule is C=C/C=C(\C=C/CC)C1=CC=CCC1. The van der Waals surface area contributed by atoms with Gasteiger partial charge in [0.15, 0.2) is 0 Å². The van der Waals surface area contributed by atoms with Crippen LogP contribution in [-0.4, -0.2) is 0 Å². The predicted molar refractivity (Wildman–Crippen MR) is 64.2 cm³/mol. The normalized spacial score (nSPS) is 17.2. The van der Waals surface area contributed by atoms with E-state index in [0.717, 1.165) is 19.3 Å². The van der Waals surface area contributed by atoms with E-state index in [-0.39, 0.29) is 0 Å². The zero-order valence-corrected chi connectivity index (χ0v) is 8.87. The molecule has 0 aliphatic heterocycles. The second kappa shape index (κ2) is 6.20. The van der Waals surface area contributed by atoms with E-state index in [4.69, 9.17) is 0 Å². The summed E-state index contributed by atoms with van der Waals surface area (Å²) >= 11 is 0. The fraction of sp³-hybridized carbons (Fsp3) is 0.286. The van der Waals surface area contributed by atoms with Crippen molar-refractivity contribution in [1.29, 1.82) is 0 Å². The summed E-state index contributed by atoms with van der Waals surface area (Å²) in [5.41, 5.74) is 2.71. The van der Waals surface area contributed by atoms with Crippen LogP contribution in [0.3, 0.4) is 0 Å². The second-order valence-corrected chi connectivity index (χ2v) is 3.33. The van der Waals surface area contributed by atoms with Crippen LogP contribution in [0.15, 0.2) is 60.3 Å². The van der Waals surface area contributed by atoms with Crippen molar-refractivity contribution in [3.63, 3.8) is 0 Å². The van der Waals surface area contributed by atoms with Crippen molar-refractivity contribution in [2.24, 2.45) is 0 Å². The van der Waals surface area contributed by atoms with E-state index in [9.17, 15) is 0 Å². The number of rotatable bonds is 4. The molecular formula is C14H18. The first-order chi connectivity index (χ1) is 6.88. The van der Waals surface area contributed by atoms with Crippen LogP contribution in [0.2, 0.25) is 0 Å². The van der Waals surface area contributed by atoms with Gasteiger partial charge in [-0.25, -0.2) is 0 Å². The number of hydrogen-bond acceptors (Lipinski definition) is 0. The van der Waals surface area contributed by atoms with Crippen molar-refractivity contribution >= 4 is 0 Å². The quantitative estimate of drug-likeness (QED) is 0.573. The van der Waals surface area contributed by atoms with Gasteiger partial charge >= 0.3 is 0 Å². The van der Waals surface area contributed by atoms with Crippen LogP contribution in [0.1, 0.15) is 26.2 Å². The third-order valence-corrected chi connectivity index (χ3v) is 2.22. The largest absolute Gasteiger partial charge is 0.0990 e. The standard InChI is InChI=1S/C14H18/c1-3-5-10-13(9-4-2)14-11-7-6-8-12-14/h4-7,9-11H,2-3,8,12H2,1H3/b10-5-,13-9+. The Hall–Kier alpha value is -1.30. The highest BCUT2D eigenvalue weighted by Crippen LogP contribution is 2.21. The lowest BCUT2D eigenvalue weighted by Gasteiger charge is -2.09. The Morgan fingerprint density at radius 1 is 1.57 bits per heavy atom. The molecule has 0 heteroatoms. The van der Waals surface area contributed by atoms with Crippen LogP contribution < -0.4 is 0 Å². The van der Waals surface area contributed by atoms with Gasteiger partial charge in [-0.3, -0.25) is 0 Å². The first-order valence-electron chi connectivity index (χ1n) is 5.23. The molecule has 0 radical (unpaired) electrons. The van der Waals surface area contributed by atoms with Crippen LogP contribution in [0.4, 0.5) is 0 Å². The van der Waals surface area contributed by atoms with E-state index in [1.165, 1.54) is 11.1 Å². The molecule has 0 aromatic heterocycles. The molecule has 0 nitrogen and oxygen atoms in total. The van der Waals surface area contributed by atoms with Crippen LogP contribution in [0.25, 0.3) is 0 Å². The minimum Gasteiger partial charge on any atom is -0.0990 e. The topological polar surface area (TPSA) is 0 Å². The van der Waals surface area contributed by atoms with E-state index in [0.29, 0.717) is 0 Å². The summed E-state index contributed by atoms with van der Waals surface area (Å²) in [5.74, 6) is 0. The average molecular weight is 186 g/mol. The minimum atomic E-state index is 1.08. The Kier molecular flexibility index (Phi) is 4.77. The van der Waals surface area contributed by atoms with Crippen molar-refractivity contribution in [1.82, 2.24) is 0 Å². The Morgan fingerprint density at radius 3 is 3.00 bits per heavy atom. The van der Waals surface area contributed by atoms with E-state index in [2.05, 4.69) is 50.0 Å². The zero-order chi connectivity index (χ0) is 10.2. The summed E-state index contributed by atoms with van der Waals surface area (Å²) in [6.45, 7) is 5.90. The lowest BCUT2D eigenvalue weighted by molar-refractivity contribution is 0.977. The van der Waals surface area contributed by atoms with E-state index in [1.807, 2.05) is 6.08 Å². The molecule has 0 bridgehead atoms. The molecule has 0 amide bonds. The Balaban J connectivity index is 2.82. The number of allylic oxidation sites excluding steroid dienone is 9. The molecule has 1 aliphatic carbocycles. The van der Waals surface area contributed by atoms with Crippen molar-refractivity contribution in [2.45, 2.75) is 26.2 Å². The molecular weight excluding hydrogens is 168 g/mol. The lowest BCUT2D eigenvalue weighted by Crippen LogP contribution is -1.90. The van der Waals surface area contributed by atoms with Crippen LogP contribution in [-0.2, 0) is 0 Å². The summed E-state index contributed by atoms with van der Waals surface area (Å²) in [7, 11) is 0. The smallest absolute Gasteiger partial charge is 0.0228 e. The van der Waals surface area contributed by atoms with Crippen molar-refractivity contribution in [2.75, 3.05) is 0 Å². The predicted octanol–water partition coefficient (Wildman–Crippen LogP) is 4.34. The van der Waals surface area contributed by atoms with Gasteiger partial charge in [-0.05, 0) is 30.4 Å². The van der Waals surface area contributed by atoms with Gasteiger partial charge in [-0.1, -0.05) is 56.0 Å². The van der Waals surface area contributed by atoms with Gasteiger partial charge in [0, 0.05) is 0 Å². The zero-order valence-electron chi connectivity index (χ0n) is 8.87. The van der Waals surface area contributed by atoms with E-state index >= 15 is 0 Å². The van der Waals surface area contributed by atoms with Crippen molar-refractivity contribution in [3.8, 4) is 0 Å². The van der Waals surface area contributed by atoms with Crippen molar-refractivity contribution < 1.29 is 0 Å². The molecule has 0 saturated carbocycles. The molecule has 0 unspecified atom stereocenters. The summed E-state index contributed by atoms with van der Waals surface area (Å²) in [6, 6.07) is 0. The third-order valence-electron chi connectivity index (χ3n) is 2.22. The summed E-state index contributed by atoms with van der Waals surface area (Å²) < 4.78 is 0. The molecule has 1 aliphatic rings. The Bertz CT molecular complexity index is 298. The van der Waals surface area contributed by atoms with Gasteiger partial charge in [0.1, 0.15) is 0 Å².